The van der Waals surface area contributed by atoms with Crippen molar-refractivity contribution in [2.45, 2.75) is 6.42 Å². The molecule has 1 aliphatic rings. The molecule has 22 heavy (non-hydrogen) atoms. The maximum atomic E-state index is 11.7. The second kappa shape index (κ2) is 4.91. The summed E-state index contributed by atoms with van der Waals surface area (Å²) >= 11 is 0. The number of aryl methyl sites for hydroxylation is 1. The van der Waals surface area contributed by atoms with Crippen LogP contribution in [-0.2, 0) is 11.8 Å². The Morgan fingerprint density at radius 2 is 2.00 bits per heavy atom. The van der Waals surface area contributed by atoms with Crippen LogP contribution >= 0.6 is 0 Å². The number of benzene rings is 2. The zero-order valence-corrected chi connectivity index (χ0v) is 12.3. The van der Waals surface area contributed by atoms with Crippen LogP contribution in [0.1, 0.15) is 6.42 Å². The monoisotopic (exact) mass is 292 g/mol. The third-order valence-corrected chi connectivity index (χ3v) is 4.09. The zero-order valence-electron chi connectivity index (χ0n) is 12.3. The molecule has 0 unspecified atom stereocenters. The number of carbonyl (C=O) groups excluding carboxylic acids is 1. The highest BCUT2D eigenvalue weighted by Crippen LogP contribution is 2.39. The van der Waals surface area contributed by atoms with Crippen LogP contribution in [0.5, 0.6) is 5.75 Å². The minimum atomic E-state index is -0.00653. The quantitative estimate of drug-likeness (QED) is 0.745. The van der Waals surface area contributed by atoms with Gasteiger partial charge >= 0.3 is 0 Å². The van der Waals surface area contributed by atoms with Gasteiger partial charge in [0.15, 0.2) is 5.75 Å². The predicted molar refractivity (Wildman–Crippen MR) is 87.1 cm³/mol. The van der Waals surface area contributed by atoms with Gasteiger partial charge in [0.05, 0.1) is 24.4 Å². The Bertz CT molecular complexity index is 880. The average Bonchev–Trinajstić information content (AvgIpc) is 2.73. The molecule has 2 heterocycles. The fourth-order valence-corrected chi connectivity index (χ4v) is 3.00. The van der Waals surface area contributed by atoms with Gasteiger partial charge in [-0.1, -0.05) is 24.3 Å². The summed E-state index contributed by atoms with van der Waals surface area (Å²) in [5.41, 5.74) is 3.99. The topological polar surface area (TPSA) is 43.3 Å². The first-order valence-electron chi connectivity index (χ1n) is 7.34. The number of nitrogens with zero attached hydrogens (tertiary/aromatic N) is 1. The summed E-state index contributed by atoms with van der Waals surface area (Å²) in [7, 11) is 2.05. The highest BCUT2D eigenvalue weighted by atomic mass is 16.5. The number of rotatable bonds is 1. The van der Waals surface area contributed by atoms with Gasteiger partial charge in [0.25, 0.3) is 0 Å². The van der Waals surface area contributed by atoms with E-state index in [1.807, 2.05) is 37.4 Å². The molecular weight excluding hydrogens is 276 g/mol. The van der Waals surface area contributed by atoms with Crippen molar-refractivity contribution in [3.63, 3.8) is 0 Å². The molecule has 4 rings (SSSR count). The van der Waals surface area contributed by atoms with Crippen molar-refractivity contribution in [3.05, 3.63) is 48.5 Å². The van der Waals surface area contributed by atoms with Crippen molar-refractivity contribution in [2.75, 3.05) is 11.9 Å². The van der Waals surface area contributed by atoms with E-state index in [1.165, 1.54) is 10.9 Å². The number of para-hydroxylation sites is 2. The molecule has 0 fully saturated rings. The van der Waals surface area contributed by atoms with Crippen LogP contribution in [0.15, 0.2) is 48.5 Å². The Morgan fingerprint density at radius 3 is 2.86 bits per heavy atom. The number of aromatic nitrogens is 1. The molecule has 0 saturated heterocycles. The highest BCUT2D eigenvalue weighted by Gasteiger charge is 2.19. The van der Waals surface area contributed by atoms with Crippen LogP contribution in [-0.4, -0.2) is 17.1 Å². The molecule has 0 bridgehead atoms. The Labute approximate surface area is 128 Å². The minimum Gasteiger partial charge on any atom is -0.490 e. The van der Waals surface area contributed by atoms with Gasteiger partial charge in [-0.3, -0.25) is 4.79 Å². The maximum absolute atomic E-state index is 11.7. The normalized spacial score (nSPS) is 14.1. The second-order valence-corrected chi connectivity index (χ2v) is 5.48. The van der Waals surface area contributed by atoms with Gasteiger partial charge in [-0.25, -0.2) is 0 Å². The van der Waals surface area contributed by atoms with Crippen molar-refractivity contribution in [1.29, 1.82) is 0 Å². The lowest BCUT2D eigenvalue weighted by Crippen LogP contribution is -2.10. The fourth-order valence-electron chi connectivity index (χ4n) is 3.00. The van der Waals surface area contributed by atoms with Crippen LogP contribution in [0.2, 0.25) is 0 Å². The zero-order chi connectivity index (χ0) is 15.1. The smallest absolute Gasteiger partial charge is 0.227 e. The van der Waals surface area contributed by atoms with E-state index >= 15 is 0 Å². The number of ether oxygens (including phenoxy) is 1. The predicted octanol–water partition coefficient (Wildman–Crippen LogP) is 3.57. The molecule has 0 saturated carbocycles. The van der Waals surface area contributed by atoms with E-state index in [0.717, 1.165) is 22.7 Å². The van der Waals surface area contributed by atoms with E-state index in [1.54, 1.807) is 0 Å². The van der Waals surface area contributed by atoms with E-state index < -0.39 is 0 Å². The summed E-state index contributed by atoms with van der Waals surface area (Å²) in [4.78, 5) is 11.7. The Morgan fingerprint density at radius 1 is 1.14 bits per heavy atom. The number of amides is 1. The Kier molecular flexibility index (Phi) is 2.89. The first kappa shape index (κ1) is 13.0. The van der Waals surface area contributed by atoms with Crippen molar-refractivity contribution >= 4 is 22.5 Å². The number of hydrogen-bond acceptors (Lipinski definition) is 2. The Hall–Kier alpha value is -2.75. The third kappa shape index (κ3) is 1.96. The molecule has 1 amide bonds. The van der Waals surface area contributed by atoms with E-state index in [9.17, 15) is 4.79 Å². The number of nitrogens with one attached hydrogen (secondary N) is 1. The number of hydrogen-bond donors (Lipinski definition) is 1. The summed E-state index contributed by atoms with van der Waals surface area (Å²) in [5.74, 6) is 0.743. The lowest BCUT2D eigenvalue weighted by Gasteiger charge is -2.13. The van der Waals surface area contributed by atoms with Crippen molar-refractivity contribution < 1.29 is 9.53 Å². The number of fused-ring (bicyclic) bond motifs is 2. The SMILES string of the molecule is Cn1c(-c2cccc3c2OCCC(=O)N3)cc2ccccc21. The first-order valence-corrected chi connectivity index (χ1v) is 7.34. The van der Waals surface area contributed by atoms with E-state index in [2.05, 4.69) is 28.1 Å². The minimum absolute atomic E-state index is 0.00653. The van der Waals surface area contributed by atoms with Crippen molar-refractivity contribution in [1.82, 2.24) is 4.57 Å². The van der Waals surface area contributed by atoms with Crippen LogP contribution in [0.4, 0.5) is 5.69 Å². The molecule has 1 aromatic heterocycles. The summed E-state index contributed by atoms with van der Waals surface area (Å²) in [5, 5.41) is 4.10. The van der Waals surface area contributed by atoms with E-state index in [-0.39, 0.29) is 5.91 Å². The van der Waals surface area contributed by atoms with Gasteiger partial charge in [-0.05, 0) is 24.3 Å². The number of anilines is 1. The fraction of sp³-hybridized carbons (Fsp3) is 0.167. The molecule has 2 aromatic carbocycles. The molecule has 110 valence electrons. The van der Waals surface area contributed by atoms with Gasteiger partial charge in [0.1, 0.15) is 0 Å². The van der Waals surface area contributed by atoms with Crippen LogP contribution < -0.4 is 10.1 Å². The van der Waals surface area contributed by atoms with Gasteiger partial charge < -0.3 is 14.6 Å². The Balaban J connectivity index is 1.94. The molecule has 1 N–H and O–H groups in total. The maximum Gasteiger partial charge on any atom is 0.227 e. The molecule has 0 aliphatic carbocycles. The van der Waals surface area contributed by atoms with Crippen LogP contribution in [0, 0.1) is 0 Å². The molecule has 4 heteroatoms. The lowest BCUT2D eigenvalue weighted by atomic mass is 10.1. The molecule has 0 atom stereocenters. The average molecular weight is 292 g/mol. The van der Waals surface area contributed by atoms with Gasteiger partial charge in [0, 0.05) is 23.5 Å². The number of carbonyl (C=O) groups is 1. The summed E-state index contributed by atoms with van der Waals surface area (Å²) in [6.45, 7) is 0.403. The molecule has 3 aromatic rings. The van der Waals surface area contributed by atoms with E-state index in [0.29, 0.717) is 13.0 Å². The lowest BCUT2D eigenvalue weighted by molar-refractivity contribution is -0.116. The molecule has 1 aliphatic heterocycles. The molecule has 4 nitrogen and oxygen atoms in total. The molecule has 0 radical (unpaired) electrons. The van der Waals surface area contributed by atoms with Crippen LogP contribution in [0.25, 0.3) is 22.2 Å². The van der Waals surface area contributed by atoms with Gasteiger partial charge in [-0.2, -0.15) is 0 Å². The summed E-state index contributed by atoms with van der Waals surface area (Å²) in [6.07, 6.45) is 0.378. The van der Waals surface area contributed by atoms with Crippen molar-refractivity contribution in [2.24, 2.45) is 7.05 Å². The third-order valence-electron chi connectivity index (χ3n) is 4.09. The summed E-state index contributed by atoms with van der Waals surface area (Å²) < 4.78 is 8.01. The van der Waals surface area contributed by atoms with Gasteiger partial charge in [0.2, 0.25) is 5.91 Å². The van der Waals surface area contributed by atoms with Gasteiger partial charge in [-0.15, -0.1) is 0 Å². The first-order chi connectivity index (χ1) is 10.7. The largest absolute Gasteiger partial charge is 0.490 e. The summed E-state index contributed by atoms with van der Waals surface area (Å²) in [6, 6.07) is 16.3. The second-order valence-electron chi connectivity index (χ2n) is 5.48. The molecular formula is C18H16N2O2. The standard InChI is InChI=1S/C18H16N2O2/c1-20-15-8-3-2-5-12(15)11-16(20)13-6-4-7-14-18(13)22-10-9-17(21)19-14/h2-8,11H,9-10H2,1H3,(H,19,21). The molecule has 0 spiro atoms. The van der Waals surface area contributed by atoms with E-state index in [4.69, 9.17) is 4.74 Å². The van der Waals surface area contributed by atoms with Crippen molar-refractivity contribution in [3.8, 4) is 17.0 Å². The van der Waals surface area contributed by atoms with Crippen LogP contribution in [0.3, 0.4) is 0 Å². The highest BCUT2D eigenvalue weighted by molar-refractivity contribution is 5.96.